The number of nitrogens with one attached hydrogen (secondary N) is 1. The highest BCUT2D eigenvalue weighted by Crippen LogP contribution is 2.28. The van der Waals surface area contributed by atoms with Gasteiger partial charge in [-0.05, 0) is 17.5 Å². The number of carbonyl (C=O) groups excluding carboxylic acids is 1. The minimum atomic E-state index is -0.672. The first-order valence-electron chi connectivity index (χ1n) is 6.26. The van der Waals surface area contributed by atoms with Crippen molar-refractivity contribution in [1.82, 2.24) is 5.32 Å². The molecule has 0 aliphatic heterocycles. The van der Waals surface area contributed by atoms with Gasteiger partial charge in [0.15, 0.2) is 0 Å². The maximum atomic E-state index is 12.0. The van der Waals surface area contributed by atoms with Crippen LogP contribution < -0.4 is 11.1 Å². The molecular weight excluding hydrogens is 264 g/mol. The lowest BCUT2D eigenvalue weighted by Gasteiger charge is -2.25. The molecule has 1 rings (SSSR count). The number of ether oxygens (including phenoxy) is 1. The SMILES string of the molecule is COCC(N)C(=O)NC(c1ccccc1Cl)C(C)C. The van der Waals surface area contributed by atoms with Gasteiger partial charge < -0.3 is 15.8 Å². The van der Waals surface area contributed by atoms with E-state index in [1.807, 2.05) is 38.1 Å². The summed E-state index contributed by atoms with van der Waals surface area (Å²) in [5, 5.41) is 3.57. The van der Waals surface area contributed by atoms with Gasteiger partial charge in [0.1, 0.15) is 6.04 Å². The summed E-state index contributed by atoms with van der Waals surface area (Å²) >= 11 is 6.18. The van der Waals surface area contributed by atoms with Crippen LogP contribution in [0.4, 0.5) is 0 Å². The molecular formula is C14H21ClN2O2. The summed E-state index contributed by atoms with van der Waals surface area (Å²) in [4.78, 5) is 12.0. The summed E-state index contributed by atoms with van der Waals surface area (Å²) in [6.07, 6.45) is 0. The smallest absolute Gasteiger partial charge is 0.239 e. The highest BCUT2D eigenvalue weighted by Gasteiger charge is 2.23. The van der Waals surface area contributed by atoms with Crippen molar-refractivity contribution in [3.05, 3.63) is 34.9 Å². The Morgan fingerprint density at radius 3 is 2.58 bits per heavy atom. The molecule has 0 aromatic heterocycles. The number of nitrogens with two attached hydrogens (primary N) is 1. The van der Waals surface area contributed by atoms with Gasteiger partial charge in [-0.25, -0.2) is 0 Å². The first-order valence-corrected chi connectivity index (χ1v) is 6.64. The molecule has 1 aromatic carbocycles. The molecule has 3 N–H and O–H groups in total. The number of benzene rings is 1. The molecule has 0 saturated carbocycles. The first kappa shape index (κ1) is 16.0. The van der Waals surface area contributed by atoms with Crippen molar-refractivity contribution in [3.63, 3.8) is 0 Å². The molecule has 5 heteroatoms. The maximum Gasteiger partial charge on any atom is 0.239 e. The second kappa shape index (κ2) is 7.48. The second-order valence-corrected chi connectivity index (χ2v) is 5.22. The third-order valence-corrected chi connectivity index (χ3v) is 3.23. The molecule has 0 spiro atoms. The predicted octanol–water partition coefficient (Wildman–Crippen LogP) is 2.13. The van der Waals surface area contributed by atoms with Crippen molar-refractivity contribution >= 4 is 17.5 Å². The van der Waals surface area contributed by atoms with E-state index in [-0.39, 0.29) is 24.5 Å². The minimum absolute atomic E-state index is 0.163. The fraction of sp³-hybridized carbons (Fsp3) is 0.500. The van der Waals surface area contributed by atoms with Gasteiger partial charge in [-0.3, -0.25) is 4.79 Å². The van der Waals surface area contributed by atoms with Gasteiger partial charge in [0.2, 0.25) is 5.91 Å². The van der Waals surface area contributed by atoms with Crippen molar-refractivity contribution in [3.8, 4) is 0 Å². The van der Waals surface area contributed by atoms with Crippen LogP contribution in [-0.2, 0) is 9.53 Å². The minimum Gasteiger partial charge on any atom is -0.383 e. The van der Waals surface area contributed by atoms with E-state index in [1.54, 1.807) is 0 Å². The number of methoxy groups -OCH3 is 1. The molecule has 2 atom stereocenters. The van der Waals surface area contributed by atoms with Gasteiger partial charge >= 0.3 is 0 Å². The van der Waals surface area contributed by atoms with Gasteiger partial charge in [-0.15, -0.1) is 0 Å². The third kappa shape index (κ3) is 4.49. The van der Waals surface area contributed by atoms with Crippen LogP contribution in [0.2, 0.25) is 5.02 Å². The molecule has 19 heavy (non-hydrogen) atoms. The van der Waals surface area contributed by atoms with Gasteiger partial charge in [0.25, 0.3) is 0 Å². The second-order valence-electron chi connectivity index (χ2n) is 4.81. The maximum absolute atomic E-state index is 12.0. The Morgan fingerprint density at radius 2 is 2.05 bits per heavy atom. The highest BCUT2D eigenvalue weighted by molar-refractivity contribution is 6.31. The summed E-state index contributed by atoms with van der Waals surface area (Å²) in [6.45, 7) is 4.24. The standard InChI is InChI=1S/C14H21ClN2O2/c1-9(2)13(10-6-4-5-7-11(10)15)17-14(18)12(16)8-19-3/h4-7,9,12-13H,8,16H2,1-3H3,(H,17,18). The topological polar surface area (TPSA) is 64.3 Å². The molecule has 0 aliphatic rings. The largest absolute Gasteiger partial charge is 0.383 e. The van der Waals surface area contributed by atoms with E-state index in [0.717, 1.165) is 5.56 Å². The zero-order valence-corrected chi connectivity index (χ0v) is 12.3. The lowest BCUT2D eigenvalue weighted by Crippen LogP contribution is -2.45. The molecule has 1 aromatic rings. The molecule has 0 radical (unpaired) electrons. The summed E-state index contributed by atoms with van der Waals surface area (Å²) < 4.78 is 4.88. The van der Waals surface area contributed by atoms with Crippen molar-refractivity contribution in [2.24, 2.45) is 11.7 Å². The van der Waals surface area contributed by atoms with Gasteiger partial charge in [-0.2, -0.15) is 0 Å². The van der Waals surface area contributed by atoms with Crippen LogP contribution in [0.1, 0.15) is 25.5 Å². The summed E-state index contributed by atoms with van der Waals surface area (Å²) in [6, 6.07) is 6.65. The molecule has 2 unspecified atom stereocenters. The predicted molar refractivity (Wildman–Crippen MR) is 77.0 cm³/mol. The molecule has 0 bridgehead atoms. The van der Waals surface area contributed by atoms with E-state index in [1.165, 1.54) is 7.11 Å². The Balaban J connectivity index is 2.86. The highest BCUT2D eigenvalue weighted by atomic mass is 35.5. The molecule has 1 amide bonds. The Hall–Kier alpha value is -1.10. The molecule has 0 heterocycles. The molecule has 0 saturated heterocycles. The van der Waals surface area contributed by atoms with Crippen molar-refractivity contribution in [1.29, 1.82) is 0 Å². The summed E-state index contributed by atoms with van der Waals surface area (Å²) in [5.41, 5.74) is 6.62. The Bertz CT molecular complexity index is 424. The quantitative estimate of drug-likeness (QED) is 0.841. The lowest BCUT2D eigenvalue weighted by molar-refractivity contribution is -0.124. The zero-order valence-electron chi connectivity index (χ0n) is 11.5. The van der Waals surface area contributed by atoms with Crippen molar-refractivity contribution < 1.29 is 9.53 Å². The fourth-order valence-corrected chi connectivity index (χ4v) is 2.10. The van der Waals surface area contributed by atoms with Crippen molar-refractivity contribution in [2.45, 2.75) is 25.9 Å². The lowest BCUT2D eigenvalue weighted by atomic mass is 9.95. The summed E-state index contributed by atoms with van der Waals surface area (Å²) in [5.74, 6) is -0.0286. The first-order chi connectivity index (χ1) is 8.97. The molecule has 4 nitrogen and oxygen atoms in total. The number of carbonyl (C=O) groups is 1. The molecule has 0 fully saturated rings. The van der Waals surface area contributed by atoms with Crippen LogP contribution in [0.5, 0.6) is 0 Å². The van der Waals surface area contributed by atoms with Crippen LogP contribution in [0.3, 0.4) is 0 Å². The number of hydrogen-bond donors (Lipinski definition) is 2. The van der Waals surface area contributed by atoms with Crippen molar-refractivity contribution in [2.75, 3.05) is 13.7 Å². The fourth-order valence-electron chi connectivity index (χ4n) is 1.85. The average molecular weight is 285 g/mol. The molecule has 0 aliphatic carbocycles. The van der Waals surface area contributed by atoms with E-state index in [2.05, 4.69) is 5.32 Å². The Kier molecular flexibility index (Phi) is 6.28. The number of hydrogen-bond acceptors (Lipinski definition) is 3. The van der Waals surface area contributed by atoms with Crippen LogP contribution in [-0.4, -0.2) is 25.7 Å². The third-order valence-electron chi connectivity index (χ3n) is 2.89. The molecule has 106 valence electrons. The van der Waals surface area contributed by atoms with E-state index < -0.39 is 6.04 Å². The summed E-state index contributed by atoms with van der Waals surface area (Å²) in [7, 11) is 1.52. The monoisotopic (exact) mass is 284 g/mol. The Labute approximate surface area is 119 Å². The normalized spacial score (nSPS) is 14.2. The van der Waals surface area contributed by atoms with E-state index in [0.29, 0.717) is 5.02 Å². The number of amides is 1. The van der Waals surface area contributed by atoms with Crippen LogP contribution in [0.15, 0.2) is 24.3 Å². The number of rotatable bonds is 6. The van der Waals surface area contributed by atoms with Crippen LogP contribution in [0, 0.1) is 5.92 Å². The van der Waals surface area contributed by atoms with E-state index in [4.69, 9.17) is 22.1 Å². The zero-order chi connectivity index (χ0) is 14.4. The van der Waals surface area contributed by atoms with E-state index >= 15 is 0 Å². The van der Waals surface area contributed by atoms with Gasteiger partial charge in [0, 0.05) is 12.1 Å². The average Bonchev–Trinajstić information content (AvgIpc) is 2.36. The van der Waals surface area contributed by atoms with E-state index in [9.17, 15) is 4.79 Å². The van der Waals surface area contributed by atoms with Crippen LogP contribution in [0.25, 0.3) is 0 Å². The Morgan fingerprint density at radius 1 is 1.42 bits per heavy atom. The number of halogens is 1. The van der Waals surface area contributed by atoms with Crippen LogP contribution >= 0.6 is 11.6 Å². The van der Waals surface area contributed by atoms with Gasteiger partial charge in [0.05, 0.1) is 12.6 Å². The van der Waals surface area contributed by atoms with Gasteiger partial charge in [-0.1, -0.05) is 43.6 Å².